The molecule has 0 aliphatic carbocycles. The van der Waals surface area contributed by atoms with E-state index in [1.54, 1.807) is 6.07 Å². The fourth-order valence-corrected chi connectivity index (χ4v) is 4.60. The highest BCUT2D eigenvalue weighted by Gasteiger charge is 2.30. The Kier molecular flexibility index (Phi) is 6.17. The summed E-state index contributed by atoms with van der Waals surface area (Å²) in [4.78, 5) is 12.2. The number of hydrogen-bond acceptors (Lipinski definition) is 6. The van der Waals surface area contributed by atoms with Crippen molar-refractivity contribution in [3.63, 3.8) is 0 Å². The Morgan fingerprint density at radius 2 is 1.86 bits per heavy atom. The molecule has 1 aliphatic heterocycles. The van der Waals surface area contributed by atoms with E-state index in [2.05, 4.69) is 10.5 Å². The Balaban J connectivity index is 1.55. The van der Waals surface area contributed by atoms with Gasteiger partial charge in [0.25, 0.3) is 5.91 Å². The van der Waals surface area contributed by atoms with Crippen molar-refractivity contribution < 1.29 is 22.5 Å². The van der Waals surface area contributed by atoms with Crippen LogP contribution in [0.25, 0.3) is 11.3 Å². The van der Waals surface area contributed by atoms with Gasteiger partial charge in [0.15, 0.2) is 0 Å². The molecule has 0 radical (unpaired) electrons. The lowest BCUT2D eigenvalue weighted by Gasteiger charge is -2.34. The maximum Gasteiger partial charge on any atom is 0.289 e. The molecule has 1 aromatic carbocycles. The van der Waals surface area contributed by atoms with Crippen molar-refractivity contribution in [1.82, 2.24) is 14.8 Å². The molecule has 2 heterocycles. The molecule has 28 heavy (non-hydrogen) atoms. The minimum atomic E-state index is -3.48. The van der Waals surface area contributed by atoms with Crippen molar-refractivity contribution in [3.8, 4) is 11.3 Å². The van der Waals surface area contributed by atoms with Gasteiger partial charge in [-0.3, -0.25) is 4.79 Å². The van der Waals surface area contributed by atoms with Crippen molar-refractivity contribution in [2.75, 3.05) is 25.4 Å². The number of ether oxygens (including phenoxy) is 1. The Morgan fingerprint density at radius 3 is 2.50 bits per heavy atom. The molecule has 9 heteroatoms. The maximum absolute atomic E-state index is 12.5. The molecule has 1 saturated heterocycles. The number of benzene rings is 1. The first-order valence-electron chi connectivity index (χ1n) is 9.20. The molecule has 2 aromatic rings. The van der Waals surface area contributed by atoms with Gasteiger partial charge in [0.2, 0.25) is 15.8 Å². The van der Waals surface area contributed by atoms with Gasteiger partial charge in [-0.2, -0.15) is 4.31 Å². The summed E-state index contributed by atoms with van der Waals surface area (Å²) in [5, 5.41) is 6.49. The van der Waals surface area contributed by atoms with Gasteiger partial charge in [-0.1, -0.05) is 35.0 Å². The smallest absolute Gasteiger partial charge is 0.289 e. The van der Waals surface area contributed by atoms with Crippen LogP contribution < -0.4 is 5.32 Å². The molecular weight excluding hydrogens is 382 g/mol. The lowest BCUT2D eigenvalue weighted by atomic mass is 10.1. The standard InChI is InChI=1S/C19H25N3O5S/c1-13-4-6-16(7-5-13)17-10-18(27-21-17)19(23)20-8-9-28(24,25)22-11-14(2)26-15(3)12-22/h4-7,10,14-15H,8-9,11-12H2,1-3H3,(H,20,23). The molecule has 0 saturated carbocycles. The van der Waals surface area contributed by atoms with E-state index in [-0.39, 0.29) is 30.3 Å². The number of carbonyl (C=O) groups excluding carboxylic acids is 1. The first kappa shape index (κ1) is 20.5. The van der Waals surface area contributed by atoms with Gasteiger partial charge in [0, 0.05) is 31.3 Å². The Morgan fingerprint density at radius 1 is 1.21 bits per heavy atom. The van der Waals surface area contributed by atoms with Gasteiger partial charge in [-0.25, -0.2) is 8.42 Å². The highest BCUT2D eigenvalue weighted by molar-refractivity contribution is 7.89. The van der Waals surface area contributed by atoms with Crippen LogP contribution in [0.4, 0.5) is 0 Å². The topological polar surface area (TPSA) is 102 Å². The zero-order chi connectivity index (χ0) is 20.3. The van der Waals surface area contributed by atoms with Crippen molar-refractivity contribution in [2.24, 2.45) is 0 Å². The monoisotopic (exact) mass is 407 g/mol. The first-order chi connectivity index (χ1) is 13.2. The number of nitrogens with zero attached hydrogens (tertiary/aromatic N) is 2. The summed E-state index contributed by atoms with van der Waals surface area (Å²) in [6, 6.07) is 9.22. The molecule has 1 N–H and O–H groups in total. The predicted octanol–water partition coefficient (Wildman–Crippen LogP) is 1.82. The summed E-state index contributed by atoms with van der Waals surface area (Å²) in [5.74, 6) is -0.636. The van der Waals surface area contributed by atoms with E-state index >= 15 is 0 Å². The van der Waals surface area contributed by atoms with Crippen LogP contribution in [0.5, 0.6) is 0 Å². The molecule has 2 atom stereocenters. The minimum Gasteiger partial charge on any atom is -0.373 e. The van der Waals surface area contributed by atoms with Crippen LogP contribution in [0.1, 0.15) is 30.0 Å². The molecule has 1 aliphatic rings. The molecule has 2 unspecified atom stereocenters. The number of aromatic nitrogens is 1. The van der Waals surface area contributed by atoms with Gasteiger partial charge in [0.1, 0.15) is 5.69 Å². The number of rotatable bonds is 6. The van der Waals surface area contributed by atoms with Crippen LogP contribution in [-0.2, 0) is 14.8 Å². The second kappa shape index (κ2) is 8.42. The van der Waals surface area contributed by atoms with Gasteiger partial charge < -0.3 is 14.6 Å². The van der Waals surface area contributed by atoms with Crippen LogP contribution in [-0.4, -0.2) is 61.4 Å². The molecule has 0 spiro atoms. The number of nitrogens with one attached hydrogen (secondary N) is 1. The predicted molar refractivity (Wildman–Crippen MR) is 104 cm³/mol. The summed E-state index contributed by atoms with van der Waals surface area (Å²) in [5.41, 5.74) is 2.51. The number of sulfonamides is 1. The van der Waals surface area contributed by atoms with Crippen molar-refractivity contribution in [1.29, 1.82) is 0 Å². The van der Waals surface area contributed by atoms with Crippen LogP contribution in [0.15, 0.2) is 34.9 Å². The van der Waals surface area contributed by atoms with Crippen molar-refractivity contribution >= 4 is 15.9 Å². The zero-order valence-electron chi connectivity index (χ0n) is 16.2. The third kappa shape index (κ3) is 4.98. The fraction of sp³-hybridized carbons (Fsp3) is 0.474. The van der Waals surface area contributed by atoms with Crippen LogP contribution >= 0.6 is 0 Å². The molecule has 0 bridgehead atoms. The van der Waals surface area contributed by atoms with Gasteiger partial charge >= 0.3 is 0 Å². The molecule has 1 aromatic heterocycles. The Labute approximate surface area is 164 Å². The molecule has 1 fully saturated rings. The van der Waals surface area contributed by atoms with E-state index in [0.29, 0.717) is 18.8 Å². The average molecular weight is 407 g/mol. The van der Waals surface area contributed by atoms with Crippen molar-refractivity contribution in [2.45, 2.75) is 33.0 Å². The van der Waals surface area contributed by atoms with E-state index in [9.17, 15) is 13.2 Å². The highest BCUT2D eigenvalue weighted by atomic mass is 32.2. The summed E-state index contributed by atoms with van der Waals surface area (Å²) in [6.07, 6.45) is -0.301. The third-order valence-corrected chi connectivity index (χ3v) is 6.31. The molecular formula is C19H25N3O5S. The van der Waals surface area contributed by atoms with Crippen LogP contribution in [0, 0.1) is 6.92 Å². The van der Waals surface area contributed by atoms with E-state index in [1.165, 1.54) is 4.31 Å². The zero-order valence-corrected chi connectivity index (χ0v) is 17.0. The Bertz CT molecular complexity index is 913. The van der Waals surface area contributed by atoms with Gasteiger partial charge in [0.05, 0.1) is 18.0 Å². The van der Waals surface area contributed by atoms with E-state index in [1.807, 2.05) is 45.0 Å². The average Bonchev–Trinajstić information content (AvgIpc) is 3.11. The first-order valence-corrected chi connectivity index (χ1v) is 10.8. The summed E-state index contributed by atoms with van der Waals surface area (Å²) in [7, 11) is -3.48. The number of carbonyl (C=O) groups is 1. The second-order valence-electron chi connectivity index (χ2n) is 7.09. The van der Waals surface area contributed by atoms with Gasteiger partial charge in [-0.05, 0) is 20.8 Å². The van der Waals surface area contributed by atoms with Gasteiger partial charge in [-0.15, -0.1) is 0 Å². The quantitative estimate of drug-likeness (QED) is 0.784. The van der Waals surface area contributed by atoms with Crippen LogP contribution in [0.2, 0.25) is 0 Å². The number of morpholine rings is 1. The minimum absolute atomic E-state index is 0.0121. The van der Waals surface area contributed by atoms with Crippen molar-refractivity contribution in [3.05, 3.63) is 41.7 Å². The van der Waals surface area contributed by atoms with Crippen LogP contribution in [0.3, 0.4) is 0 Å². The molecule has 8 nitrogen and oxygen atoms in total. The molecule has 1 amide bonds. The highest BCUT2D eigenvalue weighted by Crippen LogP contribution is 2.19. The second-order valence-corrected chi connectivity index (χ2v) is 9.18. The summed E-state index contributed by atoms with van der Waals surface area (Å²) in [6.45, 7) is 6.30. The number of amides is 1. The Hall–Kier alpha value is -2.23. The summed E-state index contributed by atoms with van der Waals surface area (Å²) >= 11 is 0. The number of hydrogen-bond donors (Lipinski definition) is 1. The third-order valence-electron chi connectivity index (χ3n) is 4.51. The van der Waals surface area contributed by atoms with E-state index in [0.717, 1.165) is 11.1 Å². The summed E-state index contributed by atoms with van der Waals surface area (Å²) < 4.78 is 37.1. The molecule has 3 rings (SSSR count). The van der Waals surface area contributed by atoms with E-state index < -0.39 is 15.9 Å². The number of aryl methyl sites for hydroxylation is 1. The lowest BCUT2D eigenvalue weighted by Crippen LogP contribution is -2.49. The fourth-order valence-electron chi connectivity index (χ4n) is 3.11. The normalized spacial score (nSPS) is 20.8. The van der Waals surface area contributed by atoms with E-state index in [4.69, 9.17) is 9.26 Å². The maximum atomic E-state index is 12.5. The molecule has 152 valence electrons. The SMILES string of the molecule is Cc1ccc(-c2cc(C(=O)NCCS(=O)(=O)N3CC(C)OC(C)C3)on2)cc1. The largest absolute Gasteiger partial charge is 0.373 e. The lowest BCUT2D eigenvalue weighted by molar-refractivity contribution is -0.0440.